The Hall–Kier alpha value is -2.87. The number of nitrogens with zero attached hydrogens (tertiary/aromatic N) is 2. The van der Waals surface area contributed by atoms with Crippen LogP contribution in [0.2, 0.25) is 0 Å². The molecular weight excluding hydrogens is 512 g/mol. The predicted octanol–water partition coefficient (Wildman–Crippen LogP) is 5.48. The maximum Gasteiger partial charge on any atom is 0.410 e. The van der Waals surface area contributed by atoms with Crippen molar-refractivity contribution in [2.75, 3.05) is 25.6 Å². The SMILES string of the molecule is COc1ccc(CN2C(=O)C3(CCC3)c3cc(C(=O)CN(C)C(=O)OC(C)(C)C)cc(Br)c32)cc1. The minimum Gasteiger partial charge on any atom is -0.497 e. The summed E-state index contributed by atoms with van der Waals surface area (Å²) in [5.74, 6) is 0.626. The molecule has 1 spiro atoms. The minimum absolute atomic E-state index is 0.0748. The van der Waals surface area contributed by atoms with Crippen LogP contribution in [0, 0.1) is 0 Å². The van der Waals surface area contributed by atoms with Crippen molar-refractivity contribution in [2.24, 2.45) is 0 Å². The van der Waals surface area contributed by atoms with Gasteiger partial charge in [0.15, 0.2) is 5.78 Å². The van der Waals surface area contributed by atoms with E-state index in [9.17, 15) is 14.4 Å². The van der Waals surface area contributed by atoms with E-state index in [1.165, 1.54) is 4.90 Å². The number of fused-ring (bicyclic) bond motifs is 2. The Kier molecular flexibility index (Phi) is 6.70. The Morgan fingerprint density at radius 1 is 1.14 bits per heavy atom. The van der Waals surface area contributed by atoms with Gasteiger partial charge in [-0.3, -0.25) is 9.59 Å². The topological polar surface area (TPSA) is 76.2 Å². The van der Waals surface area contributed by atoms with E-state index in [4.69, 9.17) is 9.47 Å². The van der Waals surface area contributed by atoms with Crippen molar-refractivity contribution in [3.8, 4) is 5.75 Å². The molecule has 1 saturated carbocycles. The fraction of sp³-hybridized carbons (Fsp3) is 0.444. The first kappa shape index (κ1) is 25.2. The zero-order valence-electron chi connectivity index (χ0n) is 20.8. The average molecular weight is 543 g/mol. The molecule has 1 heterocycles. The highest BCUT2D eigenvalue weighted by molar-refractivity contribution is 9.10. The molecule has 8 heteroatoms. The Morgan fingerprint density at radius 2 is 1.80 bits per heavy atom. The molecular formula is C27H31BrN2O5. The summed E-state index contributed by atoms with van der Waals surface area (Å²) in [7, 11) is 3.17. The number of likely N-dealkylation sites (N-methyl/N-ethyl adjacent to an activating group) is 1. The lowest BCUT2D eigenvalue weighted by Crippen LogP contribution is -2.44. The van der Waals surface area contributed by atoms with Crippen LogP contribution in [0.1, 0.15) is 61.5 Å². The maximum atomic E-state index is 13.7. The van der Waals surface area contributed by atoms with Crippen LogP contribution in [-0.4, -0.2) is 49.0 Å². The van der Waals surface area contributed by atoms with Gasteiger partial charge in [0.05, 0.1) is 31.3 Å². The fourth-order valence-corrected chi connectivity index (χ4v) is 5.34. The van der Waals surface area contributed by atoms with Gasteiger partial charge >= 0.3 is 6.09 Å². The fourth-order valence-electron chi connectivity index (χ4n) is 4.66. The number of anilines is 1. The van der Waals surface area contributed by atoms with E-state index in [1.807, 2.05) is 35.2 Å². The first-order valence-corrected chi connectivity index (χ1v) is 12.5. The Balaban J connectivity index is 1.62. The lowest BCUT2D eigenvalue weighted by Gasteiger charge is -2.37. The second kappa shape index (κ2) is 9.30. The highest BCUT2D eigenvalue weighted by Crippen LogP contribution is 2.56. The minimum atomic E-state index is -0.644. The number of hydrogen-bond acceptors (Lipinski definition) is 5. The number of hydrogen-bond donors (Lipinski definition) is 0. The molecule has 35 heavy (non-hydrogen) atoms. The Labute approximate surface area is 214 Å². The molecule has 2 aromatic carbocycles. The normalized spacial score (nSPS) is 16.1. The number of methoxy groups -OCH3 is 1. The van der Waals surface area contributed by atoms with Gasteiger partial charge in [0.25, 0.3) is 0 Å². The highest BCUT2D eigenvalue weighted by atomic mass is 79.9. The van der Waals surface area contributed by atoms with Crippen LogP contribution in [0.15, 0.2) is 40.9 Å². The molecule has 0 radical (unpaired) electrons. The number of ether oxygens (including phenoxy) is 2. The lowest BCUT2D eigenvalue weighted by atomic mass is 9.65. The second-order valence-electron chi connectivity index (χ2n) is 10.3. The number of carbonyl (C=O) groups excluding carboxylic acids is 3. The van der Waals surface area contributed by atoms with Crippen molar-refractivity contribution in [1.82, 2.24) is 4.90 Å². The number of carbonyl (C=O) groups is 3. The average Bonchev–Trinajstić information content (AvgIpc) is 3.01. The van der Waals surface area contributed by atoms with E-state index < -0.39 is 17.1 Å². The molecule has 1 fully saturated rings. The first-order valence-electron chi connectivity index (χ1n) is 11.7. The zero-order valence-corrected chi connectivity index (χ0v) is 22.4. The van der Waals surface area contributed by atoms with E-state index >= 15 is 0 Å². The lowest BCUT2D eigenvalue weighted by molar-refractivity contribution is -0.126. The van der Waals surface area contributed by atoms with Gasteiger partial charge in [0.2, 0.25) is 5.91 Å². The summed E-state index contributed by atoms with van der Waals surface area (Å²) in [4.78, 5) is 42.2. The van der Waals surface area contributed by atoms with Gasteiger partial charge in [-0.2, -0.15) is 0 Å². The number of halogens is 1. The maximum absolute atomic E-state index is 13.7. The van der Waals surface area contributed by atoms with Gasteiger partial charge < -0.3 is 19.3 Å². The summed E-state index contributed by atoms with van der Waals surface area (Å²) in [6.07, 6.45) is 1.95. The standard InChI is InChI=1S/C27H31BrN2O5/c1-26(2,3)35-25(33)29(4)16-22(31)18-13-20-23(21(28)14-18)30(24(32)27(20)11-6-12-27)15-17-7-9-19(34-5)10-8-17/h7-10,13-14H,6,11-12,15-16H2,1-5H3. The molecule has 0 bridgehead atoms. The number of amides is 2. The number of rotatable bonds is 6. The van der Waals surface area contributed by atoms with Crippen molar-refractivity contribution in [3.63, 3.8) is 0 Å². The first-order chi connectivity index (χ1) is 16.4. The third-order valence-electron chi connectivity index (χ3n) is 6.62. The van der Waals surface area contributed by atoms with E-state index in [0.29, 0.717) is 16.6 Å². The van der Waals surface area contributed by atoms with Crippen LogP contribution in [-0.2, 0) is 21.5 Å². The molecule has 0 N–H and O–H groups in total. The van der Waals surface area contributed by atoms with Crippen LogP contribution in [0.25, 0.3) is 0 Å². The summed E-state index contributed by atoms with van der Waals surface area (Å²) in [6.45, 7) is 5.67. The predicted molar refractivity (Wildman–Crippen MR) is 137 cm³/mol. The smallest absolute Gasteiger partial charge is 0.410 e. The van der Waals surface area contributed by atoms with Gasteiger partial charge in [0.1, 0.15) is 11.4 Å². The Morgan fingerprint density at radius 3 is 2.34 bits per heavy atom. The number of Topliss-reactive ketones (excluding diaryl/α,β-unsaturated/α-hetero) is 1. The van der Waals surface area contributed by atoms with Crippen LogP contribution in [0.3, 0.4) is 0 Å². The van der Waals surface area contributed by atoms with Crippen LogP contribution >= 0.6 is 15.9 Å². The molecule has 7 nitrogen and oxygen atoms in total. The van der Waals surface area contributed by atoms with E-state index in [2.05, 4.69) is 15.9 Å². The molecule has 1 aliphatic carbocycles. The molecule has 0 unspecified atom stereocenters. The van der Waals surface area contributed by atoms with Gasteiger partial charge in [-0.1, -0.05) is 18.6 Å². The summed E-state index contributed by atoms with van der Waals surface area (Å²) >= 11 is 3.64. The van der Waals surface area contributed by atoms with Crippen molar-refractivity contribution in [1.29, 1.82) is 0 Å². The monoisotopic (exact) mass is 542 g/mol. The van der Waals surface area contributed by atoms with Crippen molar-refractivity contribution in [2.45, 2.75) is 57.6 Å². The van der Waals surface area contributed by atoms with Crippen LogP contribution < -0.4 is 9.64 Å². The summed E-state index contributed by atoms with van der Waals surface area (Å²) in [5.41, 5.74) is 1.94. The van der Waals surface area contributed by atoms with Gasteiger partial charge in [0, 0.05) is 17.1 Å². The summed E-state index contributed by atoms with van der Waals surface area (Å²) in [6, 6.07) is 11.3. The summed E-state index contributed by atoms with van der Waals surface area (Å²) in [5, 5.41) is 0. The van der Waals surface area contributed by atoms with Gasteiger partial charge in [-0.15, -0.1) is 0 Å². The molecule has 4 rings (SSSR count). The second-order valence-corrected chi connectivity index (χ2v) is 11.1. The van der Waals surface area contributed by atoms with Crippen LogP contribution in [0.4, 0.5) is 10.5 Å². The molecule has 1 aliphatic heterocycles. The van der Waals surface area contributed by atoms with Crippen molar-refractivity contribution < 1.29 is 23.9 Å². The Bertz CT molecular complexity index is 1170. The molecule has 0 atom stereocenters. The third-order valence-corrected chi connectivity index (χ3v) is 7.22. The van der Waals surface area contributed by atoms with Crippen molar-refractivity contribution in [3.05, 3.63) is 57.6 Å². The summed E-state index contributed by atoms with van der Waals surface area (Å²) < 4.78 is 11.3. The van der Waals surface area contributed by atoms with Gasteiger partial charge in [-0.25, -0.2) is 4.79 Å². The number of benzene rings is 2. The molecule has 2 aromatic rings. The zero-order chi connectivity index (χ0) is 25.5. The molecule has 0 saturated heterocycles. The number of ketones is 1. The third kappa shape index (κ3) is 4.81. The largest absolute Gasteiger partial charge is 0.497 e. The van der Waals surface area contributed by atoms with E-state index in [0.717, 1.165) is 41.8 Å². The quantitative estimate of drug-likeness (QED) is 0.452. The molecule has 0 aromatic heterocycles. The van der Waals surface area contributed by atoms with E-state index in [1.54, 1.807) is 41.0 Å². The highest BCUT2D eigenvalue weighted by Gasteiger charge is 2.55. The van der Waals surface area contributed by atoms with E-state index in [-0.39, 0.29) is 18.2 Å². The van der Waals surface area contributed by atoms with Crippen molar-refractivity contribution >= 4 is 39.4 Å². The van der Waals surface area contributed by atoms with Crippen LogP contribution in [0.5, 0.6) is 5.75 Å². The molecule has 2 amide bonds. The molecule has 186 valence electrons. The van der Waals surface area contributed by atoms with Gasteiger partial charge in [-0.05, 0) is 84.9 Å². The molecule has 2 aliphatic rings.